The standard InChI is InChI=1S/C25H28N2/c1-4-10-21(11-5-1)16-23-19-27(18-22-12-6-2-7-13-22)20-24(23)17-26-25-14-8-3-9-15-25/h1-15,23-24,26H,16-20H2. The van der Waals surface area contributed by atoms with Gasteiger partial charge < -0.3 is 5.32 Å². The van der Waals surface area contributed by atoms with Gasteiger partial charge in [0.25, 0.3) is 0 Å². The first-order chi connectivity index (χ1) is 13.4. The number of nitrogens with one attached hydrogen (secondary N) is 1. The number of nitrogens with zero attached hydrogens (tertiary/aromatic N) is 1. The minimum atomic E-state index is 0.661. The number of benzene rings is 3. The third-order valence-electron chi connectivity index (χ3n) is 5.58. The minimum Gasteiger partial charge on any atom is -0.385 e. The lowest BCUT2D eigenvalue weighted by atomic mass is 9.89. The molecule has 1 saturated heterocycles. The molecule has 0 aromatic heterocycles. The molecule has 0 saturated carbocycles. The fourth-order valence-electron chi connectivity index (χ4n) is 4.19. The first kappa shape index (κ1) is 17.8. The second kappa shape index (κ2) is 8.88. The maximum absolute atomic E-state index is 3.66. The van der Waals surface area contributed by atoms with Crippen molar-refractivity contribution in [1.29, 1.82) is 0 Å². The molecule has 0 aliphatic carbocycles. The number of anilines is 1. The van der Waals surface area contributed by atoms with Gasteiger partial charge in [0.05, 0.1) is 0 Å². The summed E-state index contributed by atoms with van der Waals surface area (Å²) < 4.78 is 0. The summed E-state index contributed by atoms with van der Waals surface area (Å²) in [6.45, 7) is 4.41. The van der Waals surface area contributed by atoms with Crippen molar-refractivity contribution < 1.29 is 0 Å². The second-order valence-electron chi connectivity index (χ2n) is 7.64. The predicted octanol–water partition coefficient (Wildman–Crippen LogP) is 5.09. The minimum absolute atomic E-state index is 0.661. The molecule has 1 heterocycles. The van der Waals surface area contributed by atoms with Crippen molar-refractivity contribution in [2.45, 2.75) is 13.0 Å². The Balaban J connectivity index is 1.43. The quantitative estimate of drug-likeness (QED) is 0.634. The number of rotatable bonds is 7. The zero-order valence-corrected chi connectivity index (χ0v) is 15.8. The third-order valence-corrected chi connectivity index (χ3v) is 5.58. The molecular weight excluding hydrogens is 328 g/mol. The van der Waals surface area contributed by atoms with E-state index in [1.807, 2.05) is 0 Å². The molecule has 1 fully saturated rings. The van der Waals surface area contributed by atoms with Crippen molar-refractivity contribution in [3.05, 3.63) is 102 Å². The Morgan fingerprint density at radius 1 is 0.667 bits per heavy atom. The molecule has 2 heteroatoms. The molecule has 0 amide bonds. The Kier molecular flexibility index (Phi) is 5.86. The lowest BCUT2D eigenvalue weighted by molar-refractivity contribution is 0.313. The highest BCUT2D eigenvalue weighted by Crippen LogP contribution is 2.28. The van der Waals surface area contributed by atoms with Crippen LogP contribution >= 0.6 is 0 Å². The van der Waals surface area contributed by atoms with Crippen LogP contribution < -0.4 is 5.32 Å². The zero-order valence-electron chi connectivity index (χ0n) is 15.8. The molecule has 27 heavy (non-hydrogen) atoms. The summed E-state index contributed by atoms with van der Waals surface area (Å²) in [5.74, 6) is 1.35. The summed E-state index contributed by atoms with van der Waals surface area (Å²) in [4.78, 5) is 2.63. The third kappa shape index (κ3) is 4.99. The lowest BCUT2D eigenvalue weighted by Crippen LogP contribution is -2.23. The van der Waals surface area contributed by atoms with E-state index in [-0.39, 0.29) is 0 Å². The van der Waals surface area contributed by atoms with E-state index in [4.69, 9.17) is 0 Å². The molecule has 138 valence electrons. The fourth-order valence-corrected chi connectivity index (χ4v) is 4.19. The predicted molar refractivity (Wildman–Crippen MR) is 114 cm³/mol. The molecular formula is C25H28N2. The fraction of sp³-hybridized carbons (Fsp3) is 0.280. The van der Waals surface area contributed by atoms with Gasteiger partial charge in [0, 0.05) is 31.9 Å². The van der Waals surface area contributed by atoms with Crippen molar-refractivity contribution in [3.63, 3.8) is 0 Å². The Labute approximate surface area is 162 Å². The molecule has 0 spiro atoms. The Bertz CT molecular complexity index is 802. The molecule has 3 aromatic rings. The molecule has 2 nitrogen and oxygen atoms in total. The average Bonchev–Trinajstić information content (AvgIpc) is 3.10. The number of hydrogen-bond acceptors (Lipinski definition) is 2. The van der Waals surface area contributed by atoms with E-state index >= 15 is 0 Å². The van der Waals surface area contributed by atoms with Crippen LogP contribution in [0.1, 0.15) is 11.1 Å². The van der Waals surface area contributed by atoms with Gasteiger partial charge in [-0.15, -0.1) is 0 Å². The van der Waals surface area contributed by atoms with E-state index in [1.165, 1.54) is 23.4 Å². The molecule has 4 rings (SSSR count). The van der Waals surface area contributed by atoms with Crippen LogP contribution in [0, 0.1) is 11.8 Å². The molecule has 3 aromatic carbocycles. The monoisotopic (exact) mass is 356 g/mol. The largest absolute Gasteiger partial charge is 0.385 e. The van der Waals surface area contributed by atoms with Crippen molar-refractivity contribution >= 4 is 5.69 Å². The Morgan fingerprint density at radius 2 is 1.22 bits per heavy atom. The van der Waals surface area contributed by atoms with Gasteiger partial charge in [0.15, 0.2) is 0 Å². The van der Waals surface area contributed by atoms with E-state index in [0.717, 1.165) is 26.1 Å². The van der Waals surface area contributed by atoms with Gasteiger partial charge in [-0.05, 0) is 41.5 Å². The molecule has 1 aliphatic heterocycles. The molecule has 0 bridgehead atoms. The van der Waals surface area contributed by atoms with Crippen LogP contribution in [-0.4, -0.2) is 24.5 Å². The molecule has 0 radical (unpaired) electrons. The highest BCUT2D eigenvalue weighted by atomic mass is 15.2. The molecule has 2 atom stereocenters. The SMILES string of the molecule is c1ccc(CC2CN(Cc3ccccc3)CC2CNc2ccccc2)cc1. The summed E-state index contributed by atoms with van der Waals surface area (Å²) in [5.41, 5.74) is 4.08. The summed E-state index contributed by atoms with van der Waals surface area (Å²) in [5, 5.41) is 3.66. The van der Waals surface area contributed by atoms with Crippen LogP contribution in [0.25, 0.3) is 0 Å². The maximum atomic E-state index is 3.66. The Hall–Kier alpha value is -2.58. The normalized spacial score (nSPS) is 19.9. The lowest BCUT2D eigenvalue weighted by Gasteiger charge is -2.19. The number of para-hydroxylation sites is 1. The first-order valence-corrected chi connectivity index (χ1v) is 9.96. The Morgan fingerprint density at radius 3 is 1.89 bits per heavy atom. The van der Waals surface area contributed by atoms with E-state index in [9.17, 15) is 0 Å². The zero-order chi connectivity index (χ0) is 18.3. The summed E-state index contributed by atoms with van der Waals surface area (Å²) >= 11 is 0. The summed E-state index contributed by atoms with van der Waals surface area (Å²) in [6, 6.07) is 32.4. The summed E-state index contributed by atoms with van der Waals surface area (Å²) in [7, 11) is 0. The van der Waals surface area contributed by atoms with Crippen molar-refractivity contribution in [1.82, 2.24) is 4.90 Å². The van der Waals surface area contributed by atoms with Gasteiger partial charge in [0.2, 0.25) is 0 Å². The average molecular weight is 357 g/mol. The van der Waals surface area contributed by atoms with Crippen molar-refractivity contribution in [2.24, 2.45) is 11.8 Å². The van der Waals surface area contributed by atoms with Crippen LogP contribution in [-0.2, 0) is 13.0 Å². The van der Waals surface area contributed by atoms with Crippen LogP contribution in [0.2, 0.25) is 0 Å². The summed E-state index contributed by atoms with van der Waals surface area (Å²) in [6.07, 6.45) is 1.16. The van der Waals surface area contributed by atoms with Crippen LogP contribution in [0.15, 0.2) is 91.0 Å². The van der Waals surface area contributed by atoms with E-state index < -0.39 is 0 Å². The van der Waals surface area contributed by atoms with Crippen molar-refractivity contribution in [3.8, 4) is 0 Å². The van der Waals surface area contributed by atoms with Gasteiger partial charge in [-0.25, -0.2) is 0 Å². The molecule has 1 N–H and O–H groups in total. The van der Waals surface area contributed by atoms with E-state index in [1.54, 1.807) is 0 Å². The van der Waals surface area contributed by atoms with Gasteiger partial charge in [0.1, 0.15) is 0 Å². The van der Waals surface area contributed by atoms with Crippen molar-refractivity contribution in [2.75, 3.05) is 25.0 Å². The second-order valence-corrected chi connectivity index (χ2v) is 7.64. The topological polar surface area (TPSA) is 15.3 Å². The van der Waals surface area contributed by atoms with E-state index in [0.29, 0.717) is 11.8 Å². The maximum Gasteiger partial charge on any atom is 0.0340 e. The first-order valence-electron chi connectivity index (χ1n) is 9.96. The smallest absolute Gasteiger partial charge is 0.0340 e. The van der Waals surface area contributed by atoms with Crippen LogP contribution in [0.4, 0.5) is 5.69 Å². The highest BCUT2D eigenvalue weighted by Gasteiger charge is 2.32. The van der Waals surface area contributed by atoms with Gasteiger partial charge in [-0.3, -0.25) is 4.90 Å². The number of hydrogen-bond donors (Lipinski definition) is 1. The van der Waals surface area contributed by atoms with Crippen LogP contribution in [0.5, 0.6) is 0 Å². The van der Waals surface area contributed by atoms with Gasteiger partial charge in [-0.1, -0.05) is 78.9 Å². The van der Waals surface area contributed by atoms with Crippen LogP contribution in [0.3, 0.4) is 0 Å². The highest BCUT2D eigenvalue weighted by molar-refractivity contribution is 5.42. The molecule has 1 aliphatic rings. The molecule has 2 unspecified atom stereocenters. The van der Waals surface area contributed by atoms with E-state index in [2.05, 4.69) is 101 Å². The number of likely N-dealkylation sites (tertiary alicyclic amines) is 1. The van der Waals surface area contributed by atoms with Gasteiger partial charge in [-0.2, -0.15) is 0 Å². The van der Waals surface area contributed by atoms with Gasteiger partial charge >= 0.3 is 0 Å².